The Labute approximate surface area is 204 Å². The van der Waals surface area contributed by atoms with Gasteiger partial charge in [-0.3, -0.25) is 4.79 Å². The molecule has 2 atom stereocenters. The first-order chi connectivity index (χ1) is 15.6. The predicted octanol–water partition coefficient (Wildman–Crippen LogP) is 3.88. The first-order valence-corrected chi connectivity index (χ1v) is 13.2. The van der Waals surface area contributed by atoms with Crippen LogP contribution in [0.25, 0.3) is 0 Å². The van der Waals surface area contributed by atoms with E-state index >= 15 is 0 Å². The molecule has 0 aromatic heterocycles. The lowest BCUT2D eigenvalue weighted by Crippen LogP contribution is -2.38. The van der Waals surface area contributed by atoms with Crippen LogP contribution in [-0.2, 0) is 25.5 Å². The number of thioether (sulfide) groups is 1. The summed E-state index contributed by atoms with van der Waals surface area (Å²) in [6.45, 7) is 4.99. The molecule has 3 rings (SSSR count). The maximum Gasteiger partial charge on any atom is 0.416 e. The SMILES string of the molecule is CC(C)(C)OC(=O)NCCC(=O)N=C1SC2CS(=O)(=O)CC2N1c1cc(C(F)(F)F)ccc1Cl. The summed E-state index contributed by atoms with van der Waals surface area (Å²) in [5.74, 6) is -1.14. The van der Waals surface area contributed by atoms with Crippen LogP contribution in [0, 0.1) is 0 Å². The first-order valence-electron chi connectivity index (χ1n) is 10.2. The molecule has 2 saturated heterocycles. The molecular formula is C20H23ClF3N3O5S2. The summed E-state index contributed by atoms with van der Waals surface area (Å²) >= 11 is 7.20. The molecule has 188 valence electrons. The van der Waals surface area contributed by atoms with Crippen LogP contribution in [0.15, 0.2) is 23.2 Å². The van der Waals surface area contributed by atoms with Crippen molar-refractivity contribution in [3.05, 3.63) is 28.8 Å². The molecule has 1 aromatic rings. The Morgan fingerprint density at radius 3 is 2.56 bits per heavy atom. The lowest BCUT2D eigenvalue weighted by atomic mass is 10.1. The number of fused-ring (bicyclic) bond motifs is 1. The minimum Gasteiger partial charge on any atom is -0.444 e. The highest BCUT2D eigenvalue weighted by molar-refractivity contribution is 8.16. The number of hydrogen-bond acceptors (Lipinski definition) is 6. The largest absolute Gasteiger partial charge is 0.444 e. The van der Waals surface area contributed by atoms with Crippen molar-refractivity contribution < 1.29 is 35.9 Å². The van der Waals surface area contributed by atoms with E-state index in [1.54, 1.807) is 20.8 Å². The summed E-state index contributed by atoms with van der Waals surface area (Å²) in [4.78, 5) is 29.5. The monoisotopic (exact) mass is 541 g/mol. The van der Waals surface area contributed by atoms with Gasteiger partial charge in [0, 0.05) is 18.2 Å². The zero-order valence-electron chi connectivity index (χ0n) is 18.5. The minimum atomic E-state index is -4.65. The van der Waals surface area contributed by atoms with Gasteiger partial charge in [0.25, 0.3) is 0 Å². The number of nitrogens with one attached hydrogen (secondary N) is 1. The minimum absolute atomic E-state index is 0.0368. The van der Waals surface area contributed by atoms with Crippen LogP contribution in [0.5, 0.6) is 0 Å². The summed E-state index contributed by atoms with van der Waals surface area (Å²) in [6.07, 6.45) is -5.55. The van der Waals surface area contributed by atoms with E-state index < -0.39 is 50.5 Å². The number of ether oxygens (including phenoxy) is 1. The van der Waals surface area contributed by atoms with Crippen LogP contribution in [0.1, 0.15) is 32.8 Å². The van der Waals surface area contributed by atoms with Crippen molar-refractivity contribution in [1.82, 2.24) is 5.32 Å². The molecule has 0 spiro atoms. The van der Waals surface area contributed by atoms with Gasteiger partial charge in [0.1, 0.15) is 5.60 Å². The Morgan fingerprint density at radius 1 is 1.26 bits per heavy atom. The number of alkyl carbamates (subject to hydrolysis) is 1. The van der Waals surface area contributed by atoms with Crippen molar-refractivity contribution in [1.29, 1.82) is 0 Å². The zero-order chi connectivity index (χ0) is 25.5. The van der Waals surface area contributed by atoms with E-state index in [1.807, 2.05) is 0 Å². The number of rotatable bonds is 4. The van der Waals surface area contributed by atoms with Crippen molar-refractivity contribution in [2.75, 3.05) is 23.0 Å². The van der Waals surface area contributed by atoms with E-state index in [-0.39, 0.29) is 40.3 Å². The highest BCUT2D eigenvalue weighted by Gasteiger charge is 2.50. The van der Waals surface area contributed by atoms with Crippen molar-refractivity contribution in [2.45, 2.75) is 50.3 Å². The molecule has 34 heavy (non-hydrogen) atoms. The second kappa shape index (κ2) is 9.57. The van der Waals surface area contributed by atoms with Gasteiger partial charge >= 0.3 is 12.3 Å². The van der Waals surface area contributed by atoms with E-state index in [2.05, 4.69) is 10.3 Å². The Morgan fingerprint density at radius 2 is 1.94 bits per heavy atom. The normalized spacial score (nSPS) is 23.1. The third-order valence-electron chi connectivity index (χ3n) is 4.83. The van der Waals surface area contributed by atoms with Gasteiger partial charge in [0.05, 0.1) is 33.8 Å². The number of benzene rings is 1. The molecular weight excluding hydrogens is 519 g/mol. The second-order valence-corrected chi connectivity index (χ2v) is 12.6. The Balaban J connectivity index is 1.83. The number of nitrogens with zero attached hydrogens (tertiary/aromatic N) is 2. The topological polar surface area (TPSA) is 105 Å². The van der Waals surface area contributed by atoms with Gasteiger partial charge in [0.15, 0.2) is 15.0 Å². The van der Waals surface area contributed by atoms with Gasteiger partial charge in [-0.05, 0) is 39.0 Å². The first kappa shape index (κ1) is 26.6. The highest BCUT2D eigenvalue weighted by Crippen LogP contribution is 2.44. The molecule has 2 amide bonds. The lowest BCUT2D eigenvalue weighted by molar-refractivity contribution is -0.137. The summed E-state index contributed by atoms with van der Waals surface area (Å²) in [5, 5.41) is 1.94. The van der Waals surface area contributed by atoms with Gasteiger partial charge in [-0.2, -0.15) is 18.2 Å². The van der Waals surface area contributed by atoms with Crippen LogP contribution in [-0.4, -0.2) is 60.5 Å². The molecule has 2 fully saturated rings. The highest BCUT2D eigenvalue weighted by atomic mass is 35.5. The van der Waals surface area contributed by atoms with Crippen LogP contribution < -0.4 is 10.2 Å². The fraction of sp³-hybridized carbons (Fsp3) is 0.550. The Bertz CT molecular complexity index is 1120. The Kier molecular flexibility index (Phi) is 7.49. The number of hydrogen-bond donors (Lipinski definition) is 1. The van der Waals surface area contributed by atoms with Crippen molar-refractivity contribution >= 4 is 56.1 Å². The lowest BCUT2D eigenvalue weighted by Gasteiger charge is -2.26. The van der Waals surface area contributed by atoms with Crippen molar-refractivity contribution in [3.63, 3.8) is 0 Å². The molecule has 0 saturated carbocycles. The number of halogens is 4. The number of carbonyl (C=O) groups excluding carboxylic acids is 2. The van der Waals surface area contributed by atoms with E-state index in [4.69, 9.17) is 16.3 Å². The molecule has 2 heterocycles. The maximum absolute atomic E-state index is 13.3. The molecule has 1 N–H and O–H groups in total. The standard InChI is InChI=1S/C20H23ClF3N3O5S2/c1-19(2,3)32-18(29)25-7-6-16(28)26-17-27(14-9-34(30,31)10-15(14)33-17)13-8-11(20(22,23)24)4-5-12(13)21/h4-5,8,14-15H,6-7,9-10H2,1-3H3,(H,25,29). The average Bonchev–Trinajstić information content (AvgIpc) is 3.10. The number of alkyl halides is 3. The van der Waals surface area contributed by atoms with Crippen LogP contribution in [0.4, 0.5) is 23.7 Å². The smallest absolute Gasteiger partial charge is 0.416 e. The summed E-state index contributed by atoms with van der Waals surface area (Å²) < 4.78 is 69.3. The second-order valence-electron chi connectivity index (χ2n) is 8.80. The van der Waals surface area contributed by atoms with E-state index in [9.17, 15) is 31.2 Å². The van der Waals surface area contributed by atoms with Gasteiger partial charge in [-0.1, -0.05) is 23.4 Å². The average molecular weight is 542 g/mol. The summed E-state index contributed by atoms with van der Waals surface area (Å²) in [6, 6.07) is 2.00. The van der Waals surface area contributed by atoms with E-state index in [1.165, 1.54) is 4.90 Å². The van der Waals surface area contributed by atoms with Crippen molar-refractivity contribution in [2.24, 2.45) is 4.99 Å². The summed E-state index contributed by atoms with van der Waals surface area (Å²) in [5.41, 5.74) is -1.75. The maximum atomic E-state index is 13.3. The fourth-order valence-corrected chi connectivity index (χ4v) is 7.60. The van der Waals surface area contributed by atoms with Gasteiger partial charge in [0.2, 0.25) is 5.91 Å². The molecule has 8 nitrogen and oxygen atoms in total. The van der Waals surface area contributed by atoms with Gasteiger partial charge in [-0.25, -0.2) is 13.2 Å². The molecule has 2 aliphatic heterocycles. The molecule has 0 aliphatic carbocycles. The predicted molar refractivity (Wildman–Crippen MR) is 124 cm³/mol. The molecule has 14 heteroatoms. The fourth-order valence-electron chi connectivity index (χ4n) is 3.47. The quantitative estimate of drug-likeness (QED) is 0.617. The van der Waals surface area contributed by atoms with Gasteiger partial charge in [-0.15, -0.1) is 0 Å². The van der Waals surface area contributed by atoms with Crippen LogP contribution in [0.3, 0.4) is 0 Å². The zero-order valence-corrected chi connectivity index (χ0v) is 20.9. The summed E-state index contributed by atoms with van der Waals surface area (Å²) in [7, 11) is -3.42. The number of amides is 2. The molecule has 2 unspecified atom stereocenters. The van der Waals surface area contributed by atoms with E-state index in [0.29, 0.717) is 0 Å². The number of aliphatic imine (C=N–C) groups is 1. The molecule has 2 aliphatic rings. The van der Waals surface area contributed by atoms with Crippen LogP contribution >= 0.6 is 23.4 Å². The van der Waals surface area contributed by atoms with E-state index in [0.717, 1.165) is 30.0 Å². The molecule has 1 aromatic carbocycles. The van der Waals surface area contributed by atoms with Crippen molar-refractivity contribution in [3.8, 4) is 0 Å². The Hall–Kier alpha value is -1.99. The number of sulfone groups is 1. The molecule has 0 radical (unpaired) electrons. The number of carbonyl (C=O) groups is 2. The van der Waals surface area contributed by atoms with Gasteiger partial charge < -0.3 is 15.0 Å². The number of anilines is 1. The molecule has 0 bridgehead atoms. The number of amidine groups is 1. The third-order valence-corrected chi connectivity index (χ3v) is 8.36. The third kappa shape index (κ3) is 6.57. The van der Waals surface area contributed by atoms with Crippen LogP contribution in [0.2, 0.25) is 5.02 Å².